The van der Waals surface area contributed by atoms with Crippen LogP contribution >= 0.6 is 0 Å². The van der Waals surface area contributed by atoms with E-state index in [2.05, 4.69) is 5.32 Å². The van der Waals surface area contributed by atoms with Gasteiger partial charge in [0.2, 0.25) is 5.91 Å². The van der Waals surface area contributed by atoms with Crippen LogP contribution in [0.5, 0.6) is 0 Å². The molecule has 1 amide bonds. The smallest absolute Gasteiger partial charge is 0.249 e. The van der Waals surface area contributed by atoms with Gasteiger partial charge in [0.05, 0.1) is 11.5 Å². The molecule has 2 aliphatic heterocycles. The van der Waals surface area contributed by atoms with Crippen LogP contribution in [0.3, 0.4) is 0 Å². The Balaban J connectivity index is 1.99. The molecule has 0 radical (unpaired) electrons. The molecule has 0 atom stereocenters. The average Bonchev–Trinajstić information content (AvgIpc) is 2.55. The highest BCUT2D eigenvalue weighted by molar-refractivity contribution is 7.91. The zero-order chi connectivity index (χ0) is 16.4. The largest absolute Gasteiger partial charge is 0.366 e. The molecule has 2 heterocycles. The lowest BCUT2D eigenvalue weighted by molar-refractivity contribution is 0.1000. The van der Waals surface area contributed by atoms with Crippen molar-refractivity contribution in [1.29, 1.82) is 0 Å². The third-order valence-electron chi connectivity index (χ3n) is 4.73. The lowest BCUT2D eigenvalue weighted by Gasteiger charge is -2.24. The van der Waals surface area contributed by atoms with Gasteiger partial charge >= 0.3 is 0 Å². The number of amides is 1. The Morgan fingerprint density at radius 3 is 2.57 bits per heavy atom. The van der Waals surface area contributed by atoms with Gasteiger partial charge < -0.3 is 11.1 Å². The first-order valence-electron chi connectivity index (χ1n) is 8.00. The van der Waals surface area contributed by atoms with Gasteiger partial charge in [-0.3, -0.25) is 4.79 Å². The third-order valence-corrected chi connectivity index (χ3v) is 6.23. The predicted octanol–water partition coefficient (Wildman–Crippen LogP) is 1.45. The molecule has 3 N–H and O–H groups in total. The van der Waals surface area contributed by atoms with Gasteiger partial charge in [-0.1, -0.05) is 18.2 Å². The lowest BCUT2D eigenvalue weighted by atomic mass is 9.86. The van der Waals surface area contributed by atoms with Crippen molar-refractivity contribution in [3.05, 3.63) is 41.0 Å². The van der Waals surface area contributed by atoms with Gasteiger partial charge in [-0.25, -0.2) is 8.42 Å². The summed E-state index contributed by atoms with van der Waals surface area (Å²) in [6.45, 7) is 2.00. The van der Waals surface area contributed by atoms with E-state index in [0.29, 0.717) is 17.9 Å². The van der Waals surface area contributed by atoms with E-state index in [9.17, 15) is 13.2 Å². The Hall–Kier alpha value is -1.66. The van der Waals surface area contributed by atoms with Crippen molar-refractivity contribution in [2.45, 2.75) is 25.2 Å². The van der Waals surface area contributed by atoms with Crippen LogP contribution in [0.1, 0.15) is 46.7 Å². The molecule has 0 aromatic heterocycles. The number of hydrogen-bond acceptors (Lipinski definition) is 4. The lowest BCUT2D eigenvalue weighted by Crippen LogP contribution is -2.27. The summed E-state index contributed by atoms with van der Waals surface area (Å²) in [6, 6.07) is 5.82. The number of hydrogen-bond donors (Lipinski definition) is 2. The minimum Gasteiger partial charge on any atom is -0.366 e. The summed E-state index contributed by atoms with van der Waals surface area (Å²) in [5.41, 5.74) is 8.93. The van der Waals surface area contributed by atoms with E-state index < -0.39 is 15.7 Å². The van der Waals surface area contributed by atoms with Crippen LogP contribution in [-0.4, -0.2) is 38.9 Å². The number of rotatable bonds is 3. The molecule has 23 heavy (non-hydrogen) atoms. The van der Waals surface area contributed by atoms with Crippen LogP contribution in [0.15, 0.2) is 24.3 Å². The topological polar surface area (TPSA) is 89.3 Å². The van der Waals surface area contributed by atoms with Gasteiger partial charge in [0.1, 0.15) is 0 Å². The van der Waals surface area contributed by atoms with Crippen LogP contribution < -0.4 is 11.1 Å². The molecular formula is C17H22N2O3S. The number of carbonyl (C=O) groups is 1. The van der Waals surface area contributed by atoms with E-state index in [1.807, 2.05) is 12.1 Å². The number of primary amides is 1. The molecular weight excluding hydrogens is 312 g/mol. The van der Waals surface area contributed by atoms with Crippen LogP contribution in [0.4, 0.5) is 0 Å². The normalized spacial score (nSPS) is 21.7. The van der Waals surface area contributed by atoms with Crippen molar-refractivity contribution in [2.75, 3.05) is 24.6 Å². The minimum atomic E-state index is -2.99. The van der Waals surface area contributed by atoms with E-state index in [0.717, 1.165) is 37.1 Å². The van der Waals surface area contributed by atoms with E-state index in [4.69, 9.17) is 5.73 Å². The van der Waals surface area contributed by atoms with Crippen molar-refractivity contribution in [2.24, 2.45) is 5.73 Å². The summed E-state index contributed by atoms with van der Waals surface area (Å²) in [5, 5.41) is 3.35. The Labute approximate surface area is 136 Å². The number of sulfone groups is 1. The summed E-state index contributed by atoms with van der Waals surface area (Å²) < 4.78 is 23.2. The van der Waals surface area contributed by atoms with Crippen molar-refractivity contribution in [3.8, 4) is 0 Å². The van der Waals surface area contributed by atoms with E-state index >= 15 is 0 Å². The second kappa shape index (κ2) is 6.45. The minimum absolute atomic E-state index is 0.0398. The van der Waals surface area contributed by atoms with Crippen molar-refractivity contribution in [1.82, 2.24) is 5.32 Å². The zero-order valence-corrected chi connectivity index (χ0v) is 13.9. The second-order valence-electron chi connectivity index (χ2n) is 6.29. The van der Waals surface area contributed by atoms with Gasteiger partial charge in [-0.05, 0) is 61.0 Å². The van der Waals surface area contributed by atoms with Gasteiger partial charge in [-0.15, -0.1) is 0 Å². The molecule has 1 aromatic rings. The monoisotopic (exact) mass is 334 g/mol. The predicted molar refractivity (Wildman–Crippen MR) is 91.1 cm³/mol. The summed E-state index contributed by atoms with van der Waals surface area (Å²) in [4.78, 5) is 11.7. The Bertz CT molecular complexity index is 747. The molecule has 1 aromatic carbocycles. The number of allylic oxidation sites excluding steroid dienone is 1. The SMILES string of the molecule is NC(=O)c1ccc(C2CCNCC2)cc1C1=CCS(=O)(=O)CC1. The van der Waals surface area contributed by atoms with Gasteiger partial charge in [0.15, 0.2) is 9.84 Å². The Morgan fingerprint density at radius 1 is 1.22 bits per heavy atom. The summed E-state index contributed by atoms with van der Waals surface area (Å²) >= 11 is 0. The number of nitrogens with two attached hydrogens (primary N) is 1. The maximum absolute atomic E-state index is 11.7. The zero-order valence-electron chi connectivity index (χ0n) is 13.0. The Morgan fingerprint density at radius 2 is 1.96 bits per heavy atom. The van der Waals surface area contributed by atoms with Gasteiger partial charge in [0, 0.05) is 5.56 Å². The first-order valence-corrected chi connectivity index (χ1v) is 9.83. The molecule has 1 saturated heterocycles. The average molecular weight is 334 g/mol. The molecule has 0 aliphatic carbocycles. The number of carbonyl (C=O) groups excluding carboxylic acids is 1. The summed E-state index contributed by atoms with van der Waals surface area (Å²) in [5.74, 6) is 0.184. The van der Waals surface area contributed by atoms with E-state index in [1.54, 1.807) is 12.1 Å². The van der Waals surface area contributed by atoms with Crippen LogP contribution in [0, 0.1) is 0 Å². The van der Waals surface area contributed by atoms with Gasteiger partial charge in [0.25, 0.3) is 0 Å². The highest BCUT2D eigenvalue weighted by Gasteiger charge is 2.22. The van der Waals surface area contributed by atoms with Crippen LogP contribution in [-0.2, 0) is 9.84 Å². The molecule has 0 saturated carbocycles. The first-order chi connectivity index (χ1) is 11.0. The fourth-order valence-corrected chi connectivity index (χ4v) is 4.53. The molecule has 0 unspecified atom stereocenters. The number of nitrogens with one attached hydrogen (secondary N) is 1. The molecule has 0 bridgehead atoms. The second-order valence-corrected chi connectivity index (χ2v) is 8.52. The van der Waals surface area contributed by atoms with Crippen LogP contribution in [0.2, 0.25) is 0 Å². The quantitative estimate of drug-likeness (QED) is 0.875. The first kappa shape index (κ1) is 16.2. The van der Waals surface area contributed by atoms with Gasteiger partial charge in [-0.2, -0.15) is 0 Å². The molecule has 1 fully saturated rings. The molecule has 2 aliphatic rings. The summed E-state index contributed by atoms with van der Waals surface area (Å²) in [6.07, 6.45) is 4.32. The van der Waals surface area contributed by atoms with E-state index in [1.165, 1.54) is 5.56 Å². The number of piperidine rings is 1. The molecule has 0 spiro atoms. The molecule has 5 nitrogen and oxygen atoms in total. The fraction of sp³-hybridized carbons (Fsp3) is 0.471. The maximum Gasteiger partial charge on any atom is 0.249 e. The standard InChI is InChI=1S/C17H22N2O3S/c18-17(20)15-2-1-14(12-3-7-19-8-4-12)11-16(15)13-5-9-23(21,22)10-6-13/h1-2,5,11-12,19H,3-4,6-10H2,(H2,18,20). The molecule has 6 heteroatoms. The van der Waals surface area contributed by atoms with Crippen molar-refractivity contribution in [3.63, 3.8) is 0 Å². The number of benzene rings is 1. The highest BCUT2D eigenvalue weighted by Crippen LogP contribution is 2.32. The van der Waals surface area contributed by atoms with Crippen molar-refractivity contribution < 1.29 is 13.2 Å². The Kier molecular flexibility index (Phi) is 4.55. The summed E-state index contributed by atoms with van der Waals surface area (Å²) in [7, 11) is -2.99. The van der Waals surface area contributed by atoms with Crippen molar-refractivity contribution >= 4 is 21.3 Å². The van der Waals surface area contributed by atoms with E-state index in [-0.39, 0.29) is 11.5 Å². The third kappa shape index (κ3) is 3.64. The molecule has 3 rings (SSSR count). The molecule has 124 valence electrons. The van der Waals surface area contributed by atoms with Crippen LogP contribution in [0.25, 0.3) is 5.57 Å². The fourth-order valence-electron chi connectivity index (χ4n) is 3.37. The maximum atomic E-state index is 11.7. The highest BCUT2D eigenvalue weighted by atomic mass is 32.2.